The summed E-state index contributed by atoms with van der Waals surface area (Å²) in [5.41, 5.74) is 5.77. The van der Waals surface area contributed by atoms with Gasteiger partial charge in [0, 0.05) is 25.7 Å². The Hall–Kier alpha value is -0.610. The first kappa shape index (κ1) is 12.8. The Bertz CT molecular complexity index is 263. The lowest BCUT2D eigenvalue weighted by molar-refractivity contribution is -0.137. The summed E-state index contributed by atoms with van der Waals surface area (Å²) < 4.78 is 0. The maximum Gasteiger partial charge on any atom is 0.239 e. The molecule has 2 saturated heterocycles. The standard InChI is InChI=1S/C13H25N3O/c1-11(16-9-5-6-12(16)10-14)13(17)15-7-3-2-4-8-15/h11-12H,2-10,14H2,1H3. The van der Waals surface area contributed by atoms with Crippen LogP contribution < -0.4 is 5.73 Å². The number of likely N-dealkylation sites (tertiary alicyclic amines) is 2. The van der Waals surface area contributed by atoms with Crippen LogP contribution in [0, 0.1) is 0 Å². The molecule has 2 atom stereocenters. The Morgan fingerprint density at radius 3 is 2.59 bits per heavy atom. The van der Waals surface area contributed by atoms with Crippen molar-refractivity contribution >= 4 is 5.91 Å². The van der Waals surface area contributed by atoms with E-state index < -0.39 is 0 Å². The van der Waals surface area contributed by atoms with Crippen LogP contribution in [0.25, 0.3) is 0 Å². The van der Waals surface area contributed by atoms with Crippen LogP contribution in [0.2, 0.25) is 0 Å². The quantitative estimate of drug-likeness (QED) is 0.793. The molecule has 17 heavy (non-hydrogen) atoms. The summed E-state index contributed by atoms with van der Waals surface area (Å²) in [5.74, 6) is 0.310. The molecule has 0 aromatic carbocycles. The van der Waals surface area contributed by atoms with Crippen LogP contribution in [0.15, 0.2) is 0 Å². The normalized spacial score (nSPS) is 28.4. The fraction of sp³-hybridized carbons (Fsp3) is 0.923. The second kappa shape index (κ2) is 5.83. The van der Waals surface area contributed by atoms with Gasteiger partial charge in [0.05, 0.1) is 6.04 Å². The van der Waals surface area contributed by atoms with Gasteiger partial charge in [-0.15, -0.1) is 0 Å². The predicted molar refractivity (Wildman–Crippen MR) is 68.7 cm³/mol. The van der Waals surface area contributed by atoms with Crippen molar-refractivity contribution in [2.24, 2.45) is 5.73 Å². The molecule has 2 aliphatic heterocycles. The maximum absolute atomic E-state index is 12.4. The SMILES string of the molecule is CC(C(=O)N1CCCCC1)N1CCCC1CN. The molecule has 2 heterocycles. The highest BCUT2D eigenvalue weighted by atomic mass is 16.2. The van der Waals surface area contributed by atoms with E-state index in [0.29, 0.717) is 18.5 Å². The average molecular weight is 239 g/mol. The summed E-state index contributed by atoms with van der Waals surface area (Å²) in [6.07, 6.45) is 5.93. The molecule has 0 aliphatic carbocycles. The molecule has 0 spiro atoms. The molecule has 1 amide bonds. The number of nitrogens with two attached hydrogens (primary N) is 1. The molecule has 4 nitrogen and oxygen atoms in total. The zero-order valence-electron chi connectivity index (χ0n) is 10.9. The number of rotatable bonds is 3. The minimum atomic E-state index is 0.0177. The van der Waals surface area contributed by atoms with Gasteiger partial charge in [-0.3, -0.25) is 9.69 Å². The van der Waals surface area contributed by atoms with Gasteiger partial charge in [0.25, 0.3) is 0 Å². The van der Waals surface area contributed by atoms with Crippen LogP contribution in [0.1, 0.15) is 39.0 Å². The molecule has 2 N–H and O–H groups in total. The van der Waals surface area contributed by atoms with Crippen molar-refractivity contribution in [3.8, 4) is 0 Å². The zero-order chi connectivity index (χ0) is 12.3. The minimum Gasteiger partial charge on any atom is -0.341 e. The summed E-state index contributed by atoms with van der Waals surface area (Å²) in [5, 5.41) is 0. The molecule has 4 heteroatoms. The van der Waals surface area contributed by atoms with E-state index in [2.05, 4.69) is 4.90 Å². The molecule has 0 bridgehead atoms. The van der Waals surface area contributed by atoms with E-state index in [4.69, 9.17) is 5.73 Å². The monoisotopic (exact) mass is 239 g/mol. The average Bonchev–Trinajstić information content (AvgIpc) is 2.86. The summed E-state index contributed by atoms with van der Waals surface area (Å²) >= 11 is 0. The number of piperidine rings is 1. The van der Waals surface area contributed by atoms with Crippen molar-refractivity contribution in [1.29, 1.82) is 0 Å². The summed E-state index contributed by atoms with van der Waals surface area (Å²) in [6, 6.07) is 0.433. The minimum absolute atomic E-state index is 0.0177. The highest BCUT2D eigenvalue weighted by Crippen LogP contribution is 2.21. The van der Waals surface area contributed by atoms with Crippen molar-refractivity contribution in [2.75, 3.05) is 26.2 Å². The predicted octanol–water partition coefficient (Wildman–Crippen LogP) is 0.811. The van der Waals surface area contributed by atoms with Gasteiger partial charge in [-0.05, 0) is 45.6 Å². The maximum atomic E-state index is 12.4. The molecule has 98 valence electrons. The van der Waals surface area contributed by atoms with E-state index in [9.17, 15) is 4.79 Å². The van der Waals surface area contributed by atoms with Crippen LogP contribution in [-0.2, 0) is 4.79 Å². The van der Waals surface area contributed by atoms with E-state index >= 15 is 0 Å². The van der Waals surface area contributed by atoms with E-state index in [1.807, 2.05) is 11.8 Å². The van der Waals surface area contributed by atoms with Crippen molar-refractivity contribution in [2.45, 2.75) is 51.1 Å². The first-order valence-electron chi connectivity index (χ1n) is 6.98. The van der Waals surface area contributed by atoms with Crippen molar-refractivity contribution < 1.29 is 4.79 Å². The molecule has 2 unspecified atom stereocenters. The highest BCUT2D eigenvalue weighted by molar-refractivity contribution is 5.81. The molecule has 0 radical (unpaired) electrons. The largest absolute Gasteiger partial charge is 0.341 e. The number of hydrogen-bond acceptors (Lipinski definition) is 3. The Morgan fingerprint density at radius 1 is 1.24 bits per heavy atom. The Morgan fingerprint density at radius 2 is 1.94 bits per heavy atom. The molecule has 0 saturated carbocycles. The molecular weight excluding hydrogens is 214 g/mol. The fourth-order valence-electron chi connectivity index (χ4n) is 3.14. The molecule has 2 rings (SSSR count). The lowest BCUT2D eigenvalue weighted by Crippen LogP contribution is -2.51. The van der Waals surface area contributed by atoms with E-state index in [1.165, 1.54) is 25.7 Å². The Kier molecular flexibility index (Phi) is 4.40. The third kappa shape index (κ3) is 2.80. The second-order valence-corrected chi connectivity index (χ2v) is 5.33. The lowest BCUT2D eigenvalue weighted by atomic mass is 10.1. The van der Waals surface area contributed by atoms with Crippen LogP contribution in [-0.4, -0.2) is 54.0 Å². The van der Waals surface area contributed by atoms with Gasteiger partial charge in [0.2, 0.25) is 5.91 Å². The first-order valence-corrected chi connectivity index (χ1v) is 6.98. The summed E-state index contributed by atoms with van der Waals surface area (Å²) in [6.45, 7) is 5.65. The number of amides is 1. The van der Waals surface area contributed by atoms with Gasteiger partial charge in [-0.25, -0.2) is 0 Å². The molecule has 0 aromatic rings. The van der Waals surface area contributed by atoms with E-state index in [1.54, 1.807) is 0 Å². The third-order valence-corrected chi connectivity index (χ3v) is 4.22. The number of carbonyl (C=O) groups excluding carboxylic acids is 1. The molecule has 0 aromatic heterocycles. The Balaban J connectivity index is 1.93. The molecular formula is C13H25N3O. The zero-order valence-corrected chi connectivity index (χ0v) is 10.9. The van der Waals surface area contributed by atoms with E-state index in [-0.39, 0.29) is 6.04 Å². The summed E-state index contributed by atoms with van der Waals surface area (Å²) in [7, 11) is 0. The molecule has 2 aliphatic rings. The van der Waals surface area contributed by atoms with Crippen molar-refractivity contribution in [3.05, 3.63) is 0 Å². The van der Waals surface area contributed by atoms with Crippen LogP contribution in [0.5, 0.6) is 0 Å². The smallest absolute Gasteiger partial charge is 0.239 e. The van der Waals surface area contributed by atoms with Crippen molar-refractivity contribution in [3.63, 3.8) is 0 Å². The van der Waals surface area contributed by atoms with Crippen molar-refractivity contribution in [1.82, 2.24) is 9.80 Å². The van der Waals surface area contributed by atoms with E-state index in [0.717, 1.165) is 26.1 Å². The van der Waals surface area contributed by atoms with Crippen LogP contribution in [0.4, 0.5) is 0 Å². The topological polar surface area (TPSA) is 49.6 Å². The lowest BCUT2D eigenvalue weighted by Gasteiger charge is -2.35. The van der Waals surface area contributed by atoms with Gasteiger partial charge >= 0.3 is 0 Å². The second-order valence-electron chi connectivity index (χ2n) is 5.33. The number of carbonyl (C=O) groups is 1. The number of hydrogen-bond donors (Lipinski definition) is 1. The van der Waals surface area contributed by atoms with Gasteiger partial charge in [0.15, 0.2) is 0 Å². The highest BCUT2D eigenvalue weighted by Gasteiger charge is 2.33. The number of nitrogens with zero attached hydrogens (tertiary/aromatic N) is 2. The van der Waals surface area contributed by atoms with Crippen LogP contribution >= 0.6 is 0 Å². The summed E-state index contributed by atoms with van der Waals surface area (Å²) in [4.78, 5) is 16.7. The van der Waals surface area contributed by atoms with Gasteiger partial charge in [-0.2, -0.15) is 0 Å². The van der Waals surface area contributed by atoms with Gasteiger partial charge in [-0.1, -0.05) is 0 Å². The van der Waals surface area contributed by atoms with Gasteiger partial charge in [0.1, 0.15) is 0 Å². The third-order valence-electron chi connectivity index (χ3n) is 4.22. The van der Waals surface area contributed by atoms with Gasteiger partial charge < -0.3 is 10.6 Å². The Labute approximate surface area is 104 Å². The van der Waals surface area contributed by atoms with Crippen LogP contribution in [0.3, 0.4) is 0 Å². The fourth-order valence-corrected chi connectivity index (χ4v) is 3.14. The molecule has 2 fully saturated rings. The first-order chi connectivity index (χ1) is 8.24.